The molecule has 3 N–H and O–H groups in total. The van der Waals surface area contributed by atoms with E-state index >= 15 is 0 Å². The molecule has 0 aliphatic carbocycles. The highest BCUT2D eigenvalue weighted by Gasteiger charge is 2.08. The molecule has 2 aromatic rings. The first-order valence-corrected chi connectivity index (χ1v) is 7.48. The van der Waals surface area contributed by atoms with Crippen LogP contribution in [-0.2, 0) is 6.54 Å². The zero-order valence-corrected chi connectivity index (χ0v) is 13.6. The molecule has 1 amide bonds. The van der Waals surface area contributed by atoms with Crippen LogP contribution in [0.25, 0.3) is 0 Å². The van der Waals surface area contributed by atoms with E-state index in [1.165, 1.54) is 0 Å². The Labute approximate surface area is 136 Å². The topological polar surface area (TPSA) is 55.1 Å². The molecular weight excluding hydrogens is 383 g/mol. The third kappa shape index (κ3) is 3.77. The van der Waals surface area contributed by atoms with Crippen molar-refractivity contribution >= 4 is 45.7 Å². The van der Waals surface area contributed by atoms with Crippen LogP contribution in [0.5, 0.6) is 0 Å². The standard InChI is InChI=1S/C15H13IN2OS/c16-13-4-2-1-3-12(13)15(19)18-9-10-5-7-11(8-6-10)14(17)20/h1-8H,9H2,(H2,17,20)(H,18,19). The van der Waals surface area contributed by atoms with Gasteiger partial charge in [0.05, 0.1) is 5.56 Å². The van der Waals surface area contributed by atoms with E-state index in [1.807, 2.05) is 48.5 Å². The molecule has 0 aromatic heterocycles. The SMILES string of the molecule is NC(=S)c1ccc(CNC(=O)c2ccccc2I)cc1. The maximum atomic E-state index is 12.1. The van der Waals surface area contributed by atoms with Gasteiger partial charge in [-0.25, -0.2) is 0 Å². The molecule has 2 aromatic carbocycles. The van der Waals surface area contributed by atoms with Gasteiger partial charge in [0.25, 0.3) is 5.91 Å². The Hall–Kier alpha value is -1.47. The lowest BCUT2D eigenvalue weighted by Gasteiger charge is -2.07. The van der Waals surface area contributed by atoms with E-state index < -0.39 is 0 Å². The van der Waals surface area contributed by atoms with Crippen molar-refractivity contribution in [3.05, 3.63) is 68.8 Å². The number of nitrogens with two attached hydrogens (primary N) is 1. The van der Waals surface area contributed by atoms with Crippen molar-refractivity contribution in [3.8, 4) is 0 Å². The van der Waals surface area contributed by atoms with Gasteiger partial charge in [0.1, 0.15) is 4.99 Å². The minimum absolute atomic E-state index is 0.0755. The van der Waals surface area contributed by atoms with Crippen LogP contribution in [0.15, 0.2) is 48.5 Å². The highest BCUT2D eigenvalue weighted by molar-refractivity contribution is 14.1. The van der Waals surface area contributed by atoms with Crippen molar-refractivity contribution in [3.63, 3.8) is 0 Å². The molecule has 2 rings (SSSR count). The van der Waals surface area contributed by atoms with Crippen molar-refractivity contribution < 1.29 is 4.79 Å². The van der Waals surface area contributed by atoms with Crippen LogP contribution in [-0.4, -0.2) is 10.9 Å². The minimum atomic E-state index is -0.0755. The van der Waals surface area contributed by atoms with Gasteiger partial charge >= 0.3 is 0 Å². The van der Waals surface area contributed by atoms with Gasteiger partial charge in [-0.2, -0.15) is 0 Å². The molecule has 0 fully saturated rings. The molecule has 0 aliphatic heterocycles. The minimum Gasteiger partial charge on any atom is -0.389 e. The second-order valence-corrected chi connectivity index (χ2v) is 5.83. The number of halogens is 1. The van der Waals surface area contributed by atoms with Gasteiger partial charge in [-0.05, 0) is 40.3 Å². The van der Waals surface area contributed by atoms with E-state index in [4.69, 9.17) is 18.0 Å². The molecule has 0 heterocycles. The molecule has 0 saturated heterocycles. The molecule has 102 valence electrons. The van der Waals surface area contributed by atoms with Crippen LogP contribution in [0.1, 0.15) is 21.5 Å². The zero-order valence-electron chi connectivity index (χ0n) is 10.6. The molecule has 5 heteroatoms. The number of amides is 1. The van der Waals surface area contributed by atoms with Gasteiger partial charge in [0.15, 0.2) is 0 Å². The van der Waals surface area contributed by atoms with Crippen molar-refractivity contribution in [1.29, 1.82) is 0 Å². The van der Waals surface area contributed by atoms with E-state index in [0.717, 1.165) is 14.7 Å². The first kappa shape index (κ1) is 14.9. The maximum absolute atomic E-state index is 12.1. The predicted molar refractivity (Wildman–Crippen MR) is 92.7 cm³/mol. The highest BCUT2D eigenvalue weighted by Crippen LogP contribution is 2.11. The lowest BCUT2D eigenvalue weighted by molar-refractivity contribution is 0.0950. The summed E-state index contributed by atoms with van der Waals surface area (Å²) in [7, 11) is 0. The Bertz CT molecular complexity index is 641. The third-order valence-electron chi connectivity index (χ3n) is 2.81. The molecule has 3 nitrogen and oxygen atoms in total. The number of carbonyl (C=O) groups excluding carboxylic acids is 1. The summed E-state index contributed by atoms with van der Waals surface area (Å²) >= 11 is 7.05. The van der Waals surface area contributed by atoms with Crippen molar-refractivity contribution in [2.45, 2.75) is 6.54 Å². The Morgan fingerprint density at radius 1 is 1.15 bits per heavy atom. The van der Waals surface area contributed by atoms with Gasteiger partial charge in [-0.15, -0.1) is 0 Å². The van der Waals surface area contributed by atoms with Crippen LogP contribution in [0.4, 0.5) is 0 Å². The quantitative estimate of drug-likeness (QED) is 0.618. The van der Waals surface area contributed by atoms with Gasteiger partial charge < -0.3 is 11.1 Å². The number of hydrogen-bond acceptors (Lipinski definition) is 2. The summed E-state index contributed by atoms with van der Waals surface area (Å²) in [4.78, 5) is 12.4. The van der Waals surface area contributed by atoms with E-state index in [2.05, 4.69) is 27.9 Å². The fourth-order valence-corrected chi connectivity index (χ4v) is 2.48. The number of rotatable bonds is 4. The summed E-state index contributed by atoms with van der Waals surface area (Å²) in [5, 5.41) is 2.90. The third-order valence-corrected chi connectivity index (χ3v) is 3.99. The van der Waals surface area contributed by atoms with Crippen LogP contribution in [0.2, 0.25) is 0 Å². The van der Waals surface area contributed by atoms with Gasteiger partial charge in [0, 0.05) is 15.7 Å². The number of benzene rings is 2. The van der Waals surface area contributed by atoms with Crippen LogP contribution in [0.3, 0.4) is 0 Å². The van der Waals surface area contributed by atoms with Crippen LogP contribution >= 0.6 is 34.8 Å². The Kier molecular flexibility index (Phi) is 5.08. The molecular formula is C15H13IN2OS. The fourth-order valence-electron chi connectivity index (χ4n) is 1.71. The lowest BCUT2D eigenvalue weighted by Crippen LogP contribution is -2.23. The molecule has 0 atom stereocenters. The average molecular weight is 396 g/mol. The number of hydrogen-bond donors (Lipinski definition) is 2. The van der Waals surface area contributed by atoms with Crippen molar-refractivity contribution in [1.82, 2.24) is 5.32 Å². The van der Waals surface area contributed by atoms with E-state index in [9.17, 15) is 4.79 Å². The monoisotopic (exact) mass is 396 g/mol. The molecule has 0 bridgehead atoms. The summed E-state index contributed by atoms with van der Waals surface area (Å²) in [5.41, 5.74) is 8.06. The Balaban J connectivity index is 2.00. The smallest absolute Gasteiger partial charge is 0.252 e. The van der Waals surface area contributed by atoms with E-state index in [0.29, 0.717) is 17.1 Å². The normalized spacial score (nSPS) is 10.1. The molecule has 0 unspecified atom stereocenters. The second-order valence-electron chi connectivity index (χ2n) is 4.22. The summed E-state index contributed by atoms with van der Waals surface area (Å²) in [5.74, 6) is -0.0755. The highest BCUT2D eigenvalue weighted by atomic mass is 127. The predicted octanol–water partition coefficient (Wildman–Crippen LogP) is 2.86. The fraction of sp³-hybridized carbons (Fsp3) is 0.0667. The van der Waals surface area contributed by atoms with Crippen LogP contribution in [0, 0.1) is 3.57 Å². The van der Waals surface area contributed by atoms with E-state index in [1.54, 1.807) is 0 Å². The summed E-state index contributed by atoms with van der Waals surface area (Å²) in [6.45, 7) is 0.474. The largest absolute Gasteiger partial charge is 0.389 e. The van der Waals surface area contributed by atoms with Crippen LogP contribution < -0.4 is 11.1 Å². The van der Waals surface area contributed by atoms with Crippen molar-refractivity contribution in [2.75, 3.05) is 0 Å². The Morgan fingerprint density at radius 3 is 2.40 bits per heavy atom. The lowest BCUT2D eigenvalue weighted by atomic mass is 10.1. The molecule has 0 saturated carbocycles. The Morgan fingerprint density at radius 2 is 1.80 bits per heavy atom. The van der Waals surface area contributed by atoms with Gasteiger partial charge in [-0.3, -0.25) is 4.79 Å². The summed E-state index contributed by atoms with van der Waals surface area (Å²) < 4.78 is 0.937. The van der Waals surface area contributed by atoms with Gasteiger partial charge in [0.2, 0.25) is 0 Å². The van der Waals surface area contributed by atoms with Crippen molar-refractivity contribution in [2.24, 2.45) is 5.73 Å². The molecule has 0 radical (unpaired) electrons. The zero-order chi connectivity index (χ0) is 14.5. The molecule has 0 spiro atoms. The second kappa shape index (κ2) is 6.81. The first-order valence-electron chi connectivity index (χ1n) is 5.99. The summed E-state index contributed by atoms with van der Waals surface area (Å²) in [6, 6.07) is 15.0. The van der Waals surface area contributed by atoms with E-state index in [-0.39, 0.29) is 5.91 Å². The first-order chi connectivity index (χ1) is 9.58. The van der Waals surface area contributed by atoms with Gasteiger partial charge in [-0.1, -0.05) is 48.6 Å². The number of carbonyl (C=O) groups is 1. The number of thiocarbonyl (C=S) groups is 1. The summed E-state index contributed by atoms with van der Waals surface area (Å²) in [6.07, 6.45) is 0. The maximum Gasteiger partial charge on any atom is 0.252 e. The number of nitrogens with one attached hydrogen (secondary N) is 1. The molecule has 0 aliphatic rings. The average Bonchev–Trinajstić information content (AvgIpc) is 2.45. The molecule has 20 heavy (non-hydrogen) atoms.